The zero-order chi connectivity index (χ0) is 21.4. The number of carbonyl (C=O) groups excluding carboxylic acids is 3. The molecule has 10 nitrogen and oxygen atoms in total. The van der Waals surface area contributed by atoms with Crippen LogP contribution in [-0.4, -0.2) is 82.6 Å². The molecule has 2 atom stereocenters. The van der Waals surface area contributed by atoms with Crippen LogP contribution in [0.4, 0.5) is 0 Å². The molecule has 0 radical (unpaired) electrons. The van der Waals surface area contributed by atoms with E-state index in [2.05, 4.69) is 27.7 Å². The highest BCUT2D eigenvalue weighted by Crippen LogP contribution is 2.03. The van der Waals surface area contributed by atoms with Gasteiger partial charge in [-0.1, -0.05) is 13.8 Å². The third-order valence-electron chi connectivity index (χ3n) is 3.70. The monoisotopic (exact) mass is 401 g/mol. The van der Waals surface area contributed by atoms with Crippen molar-refractivity contribution in [1.29, 1.82) is 0 Å². The second-order valence-corrected chi connectivity index (χ2v) is 6.52. The number of ether oxygens (including phenoxy) is 2. The summed E-state index contributed by atoms with van der Waals surface area (Å²) < 4.78 is 10.6. The molecule has 0 spiro atoms. The van der Waals surface area contributed by atoms with Gasteiger partial charge in [-0.2, -0.15) is 0 Å². The zero-order valence-corrected chi connectivity index (χ0v) is 17.2. The minimum absolute atomic E-state index is 0.122. The number of carbonyl (C=O) groups is 3. The van der Waals surface area contributed by atoms with Crippen LogP contribution in [0.5, 0.6) is 0 Å². The first-order chi connectivity index (χ1) is 13.3. The van der Waals surface area contributed by atoms with Gasteiger partial charge in [0.1, 0.15) is 12.1 Å². The Kier molecular flexibility index (Phi) is 14.8. The van der Waals surface area contributed by atoms with Crippen molar-refractivity contribution < 1.29 is 23.9 Å². The van der Waals surface area contributed by atoms with E-state index in [1.165, 1.54) is 0 Å². The van der Waals surface area contributed by atoms with Crippen LogP contribution in [0.2, 0.25) is 0 Å². The van der Waals surface area contributed by atoms with E-state index in [0.717, 1.165) is 0 Å². The smallest absolute Gasteiger partial charge is 0.243 e. The number of rotatable bonds is 16. The number of aliphatic imine (C=N–C) groups is 1. The lowest BCUT2D eigenvalue weighted by atomic mass is 10.0. The van der Waals surface area contributed by atoms with Crippen LogP contribution in [0, 0.1) is 5.92 Å². The van der Waals surface area contributed by atoms with E-state index in [0.29, 0.717) is 39.5 Å². The second kappa shape index (κ2) is 16.0. The Morgan fingerprint density at radius 3 is 2.21 bits per heavy atom. The SMILES string of the molecule is C=NCCOCCOCCC(=O)N[C@H](C(=O)N[C@@H](C)C(=O)NCCN)C(C)C. The van der Waals surface area contributed by atoms with Gasteiger partial charge in [0.15, 0.2) is 0 Å². The lowest BCUT2D eigenvalue weighted by molar-refractivity contribution is -0.133. The van der Waals surface area contributed by atoms with Crippen LogP contribution >= 0.6 is 0 Å². The maximum atomic E-state index is 12.4. The van der Waals surface area contributed by atoms with E-state index >= 15 is 0 Å². The Balaban J connectivity index is 4.23. The Labute approximate surface area is 167 Å². The largest absolute Gasteiger partial charge is 0.379 e. The van der Waals surface area contributed by atoms with Gasteiger partial charge in [-0.3, -0.25) is 19.4 Å². The number of amides is 3. The highest BCUT2D eigenvalue weighted by Gasteiger charge is 2.26. The van der Waals surface area contributed by atoms with Crippen molar-refractivity contribution in [2.24, 2.45) is 16.6 Å². The van der Waals surface area contributed by atoms with E-state index in [1.807, 2.05) is 13.8 Å². The van der Waals surface area contributed by atoms with E-state index in [-0.39, 0.29) is 30.8 Å². The van der Waals surface area contributed by atoms with Crippen molar-refractivity contribution in [2.45, 2.75) is 39.3 Å². The molecule has 0 fully saturated rings. The van der Waals surface area contributed by atoms with Crippen molar-refractivity contribution in [3.05, 3.63) is 0 Å². The topological polar surface area (TPSA) is 144 Å². The first-order valence-corrected chi connectivity index (χ1v) is 9.48. The van der Waals surface area contributed by atoms with Gasteiger partial charge in [0.25, 0.3) is 0 Å². The molecule has 0 aliphatic carbocycles. The summed E-state index contributed by atoms with van der Waals surface area (Å²) in [6.07, 6.45) is 0.122. The summed E-state index contributed by atoms with van der Waals surface area (Å²) in [7, 11) is 0. The molecule has 0 heterocycles. The molecule has 0 aliphatic rings. The first-order valence-electron chi connectivity index (χ1n) is 9.48. The highest BCUT2D eigenvalue weighted by molar-refractivity contribution is 5.92. The Morgan fingerprint density at radius 1 is 1.00 bits per heavy atom. The summed E-state index contributed by atoms with van der Waals surface area (Å²) in [4.78, 5) is 40.0. The summed E-state index contributed by atoms with van der Waals surface area (Å²) >= 11 is 0. The minimum atomic E-state index is -0.744. The first kappa shape index (κ1) is 26.0. The van der Waals surface area contributed by atoms with Crippen LogP contribution in [0.1, 0.15) is 27.2 Å². The Morgan fingerprint density at radius 2 is 1.64 bits per heavy atom. The molecule has 28 heavy (non-hydrogen) atoms. The molecule has 0 aliphatic heterocycles. The summed E-state index contributed by atoms with van der Waals surface area (Å²) in [6, 6.07) is -1.47. The molecule has 0 unspecified atom stereocenters. The van der Waals surface area contributed by atoms with Gasteiger partial charge >= 0.3 is 0 Å². The molecule has 3 amide bonds. The van der Waals surface area contributed by atoms with E-state index in [4.69, 9.17) is 15.2 Å². The molecular weight excluding hydrogens is 366 g/mol. The molecule has 0 aromatic rings. The summed E-state index contributed by atoms with van der Waals surface area (Å²) in [5, 5.41) is 7.90. The average Bonchev–Trinajstić information content (AvgIpc) is 2.65. The van der Waals surface area contributed by atoms with Crippen molar-refractivity contribution in [2.75, 3.05) is 46.1 Å². The van der Waals surface area contributed by atoms with Crippen LogP contribution in [-0.2, 0) is 23.9 Å². The summed E-state index contributed by atoms with van der Waals surface area (Å²) in [6.45, 7) is 11.2. The van der Waals surface area contributed by atoms with Crippen LogP contribution < -0.4 is 21.7 Å². The maximum Gasteiger partial charge on any atom is 0.243 e. The van der Waals surface area contributed by atoms with E-state index in [1.54, 1.807) is 6.92 Å². The molecule has 0 saturated carbocycles. The van der Waals surface area contributed by atoms with Crippen LogP contribution in [0.25, 0.3) is 0 Å². The molecule has 162 valence electrons. The van der Waals surface area contributed by atoms with Crippen molar-refractivity contribution >= 4 is 24.4 Å². The second-order valence-electron chi connectivity index (χ2n) is 6.52. The summed E-state index contributed by atoms with van der Waals surface area (Å²) in [5.74, 6) is -1.18. The average molecular weight is 402 g/mol. The van der Waals surface area contributed by atoms with Gasteiger partial charge in [0, 0.05) is 19.5 Å². The van der Waals surface area contributed by atoms with Gasteiger partial charge in [0.05, 0.1) is 33.0 Å². The molecule has 0 aromatic heterocycles. The highest BCUT2D eigenvalue weighted by atomic mass is 16.5. The Bertz CT molecular complexity index is 487. The molecule has 5 N–H and O–H groups in total. The standard InChI is InChI=1S/C18H35N5O5/c1-13(2)16(18(26)22-14(3)17(25)21-7-6-19)23-15(24)5-9-27-11-12-28-10-8-20-4/h13-14,16H,4-12,19H2,1-3H3,(H,21,25)(H,22,26)(H,23,24)/t14-,16-/m0/s1. The van der Waals surface area contributed by atoms with Gasteiger partial charge < -0.3 is 31.2 Å². The van der Waals surface area contributed by atoms with Crippen molar-refractivity contribution in [3.8, 4) is 0 Å². The number of hydrogen-bond acceptors (Lipinski definition) is 7. The Hall–Kier alpha value is -2.04. The van der Waals surface area contributed by atoms with Gasteiger partial charge in [0.2, 0.25) is 17.7 Å². The number of nitrogens with two attached hydrogens (primary N) is 1. The maximum absolute atomic E-state index is 12.4. The minimum Gasteiger partial charge on any atom is -0.379 e. The molecular formula is C18H35N5O5. The van der Waals surface area contributed by atoms with Gasteiger partial charge in [-0.25, -0.2) is 0 Å². The van der Waals surface area contributed by atoms with E-state index < -0.39 is 18.0 Å². The lowest BCUT2D eigenvalue weighted by Crippen LogP contribution is -2.54. The molecule has 0 bridgehead atoms. The molecule has 10 heteroatoms. The van der Waals surface area contributed by atoms with Crippen molar-refractivity contribution in [1.82, 2.24) is 16.0 Å². The zero-order valence-electron chi connectivity index (χ0n) is 17.2. The normalized spacial score (nSPS) is 12.9. The van der Waals surface area contributed by atoms with E-state index in [9.17, 15) is 14.4 Å². The van der Waals surface area contributed by atoms with Crippen LogP contribution in [0.15, 0.2) is 4.99 Å². The van der Waals surface area contributed by atoms with Gasteiger partial charge in [-0.15, -0.1) is 0 Å². The number of hydrogen-bond donors (Lipinski definition) is 4. The number of nitrogens with zero attached hydrogens (tertiary/aromatic N) is 1. The predicted molar refractivity (Wildman–Crippen MR) is 107 cm³/mol. The third kappa shape index (κ3) is 12.4. The quantitative estimate of drug-likeness (QED) is 0.189. The molecule has 0 aromatic carbocycles. The molecule has 0 rings (SSSR count). The van der Waals surface area contributed by atoms with Crippen LogP contribution in [0.3, 0.4) is 0 Å². The third-order valence-corrected chi connectivity index (χ3v) is 3.70. The van der Waals surface area contributed by atoms with Gasteiger partial charge in [-0.05, 0) is 19.6 Å². The predicted octanol–water partition coefficient (Wildman–Crippen LogP) is -1.17. The fraction of sp³-hybridized carbons (Fsp3) is 0.778. The summed E-state index contributed by atoms with van der Waals surface area (Å²) in [5.41, 5.74) is 5.33. The lowest BCUT2D eigenvalue weighted by Gasteiger charge is -2.23. The van der Waals surface area contributed by atoms with Crippen molar-refractivity contribution in [3.63, 3.8) is 0 Å². The fourth-order valence-electron chi connectivity index (χ4n) is 2.11. The number of nitrogens with one attached hydrogen (secondary N) is 3. The fourth-order valence-corrected chi connectivity index (χ4v) is 2.11. The molecule has 0 saturated heterocycles.